The lowest BCUT2D eigenvalue weighted by molar-refractivity contribution is -0.123. The summed E-state index contributed by atoms with van der Waals surface area (Å²) in [6.07, 6.45) is 1.62. The van der Waals surface area contributed by atoms with Crippen LogP contribution in [-0.2, 0) is 11.3 Å². The predicted molar refractivity (Wildman–Crippen MR) is 105 cm³/mol. The number of hydrogen-bond acceptors (Lipinski definition) is 4. The zero-order valence-electron chi connectivity index (χ0n) is 15.0. The van der Waals surface area contributed by atoms with Crippen LogP contribution in [0.4, 0.5) is 4.79 Å². The molecular weight excluding hydrogens is 412 g/mol. The Bertz CT molecular complexity index is 896. The number of rotatable bonds is 6. The second kappa shape index (κ2) is 8.26. The Hall–Kier alpha value is -2.80. The van der Waals surface area contributed by atoms with Gasteiger partial charge >= 0.3 is 6.03 Å². The number of hydrogen-bond donors (Lipinski definition) is 1. The number of amides is 3. The molecule has 2 aromatic carbocycles. The molecule has 2 aromatic rings. The molecule has 1 saturated heterocycles. The minimum Gasteiger partial charge on any atom is -0.493 e. The molecule has 140 valence electrons. The van der Waals surface area contributed by atoms with Gasteiger partial charge in [-0.05, 0) is 36.3 Å². The van der Waals surface area contributed by atoms with Gasteiger partial charge in [-0.3, -0.25) is 9.69 Å². The van der Waals surface area contributed by atoms with E-state index in [-0.39, 0.29) is 18.1 Å². The van der Waals surface area contributed by atoms with Crippen LogP contribution >= 0.6 is 15.9 Å². The molecule has 0 aromatic heterocycles. The van der Waals surface area contributed by atoms with Crippen LogP contribution in [0, 0.1) is 0 Å². The fraction of sp³-hybridized carbons (Fsp3) is 0.200. The summed E-state index contributed by atoms with van der Waals surface area (Å²) in [4.78, 5) is 26.1. The molecule has 0 atom stereocenters. The maximum atomic E-state index is 12.7. The number of imide groups is 1. The van der Waals surface area contributed by atoms with E-state index in [4.69, 9.17) is 9.47 Å². The zero-order chi connectivity index (χ0) is 19.4. The molecule has 0 unspecified atom stereocenters. The monoisotopic (exact) mass is 430 g/mol. The third-order valence-electron chi connectivity index (χ3n) is 4.03. The average molecular weight is 431 g/mol. The highest BCUT2D eigenvalue weighted by Gasteiger charge is 2.33. The van der Waals surface area contributed by atoms with Gasteiger partial charge in [0.2, 0.25) is 0 Å². The van der Waals surface area contributed by atoms with Crippen molar-refractivity contribution in [2.45, 2.75) is 13.5 Å². The van der Waals surface area contributed by atoms with E-state index < -0.39 is 6.03 Å². The van der Waals surface area contributed by atoms with Gasteiger partial charge in [-0.25, -0.2) is 4.79 Å². The predicted octanol–water partition coefficient (Wildman–Crippen LogP) is 3.95. The number of carbonyl (C=O) groups is 2. The molecule has 3 rings (SSSR count). The van der Waals surface area contributed by atoms with Crippen molar-refractivity contribution in [1.29, 1.82) is 0 Å². The fourth-order valence-electron chi connectivity index (χ4n) is 2.73. The first-order valence-corrected chi connectivity index (χ1v) is 9.21. The van der Waals surface area contributed by atoms with Crippen molar-refractivity contribution in [3.8, 4) is 11.5 Å². The molecule has 1 heterocycles. The quantitative estimate of drug-likeness (QED) is 0.556. The topological polar surface area (TPSA) is 67.9 Å². The Morgan fingerprint density at radius 3 is 2.56 bits per heavy atom. The van der Waals surface area contributed by atoms with Crippen molar-refractivity contribution in [3.05, 3.63) is 63.8 Å². The van der Waals surface area contributed by atoms with Gasteiger partial charge in [0, 0.05) is 4.47 Å². The second-order valence-electron chi connectivity index (χ2n) is 5.82. The summed E-state index contributed by atoms with van der Waals surface area (Å²) in [5, 5.41) is 2.64. The lowest BCUT2D eigenvalue weighted by Gasteiger charge is -2.12. The Labute approximate surface area is 165 Å². The van der Waals surface area contributed by atoms with Crippen LogP contribution < -0.4 is 14.8 Å². The Balaban J connectivity index is 1.88. The number of nitrogens with zero attached hydrogens (tertiary/aromatic N) is 1. The molecule has 1 fully saturated rings. The molecule has 0 aliphatic carbocycles. The normalized spacial score (nSPS) is 15.2. The molecule has 1 aliphatic heterocycles. The van der Waals surface area contributed by atoms with E-state index in [9.17, 15) is 9.59 Å². The SMILES string of the molecule is CCOc1cc(/C=C2/NC(=O)N(Cc3ccccc3)C2=O)c(Br)cc1OC. The van der Waals surface area contributed by atoms with Gasteiger partial charge in [0.15, 0.2) is 11.5 Å². The van der Waals surface area contributed by atoms with E-state index in [1.54, 1.807) is 25.3 Å². The van der Waals surface area contributed by atoms with Crippen molar-refractivity contribution in [2.75, 3.05) is 13.7 Å². The van der Waals surface area contributed by atoms with Crippen molar-refractivity contribution in [2.24, 2.45) is 0 Å². The minimum atomic E-state index is -0.440. The highest BCUT2D eigenvalue weighted by Crippen LogP contribution is 2.35. The van der Waals surface area contributed by atoms with E-state index in [0.29, 0.717) is 23.7 Å². The highest BCUT2D eigenvalue weighted by molar-refractivity contribution is 9.10. The fourth-order valence-corrected chi connectivity index (χ4v) is 3.16. The average Bonchev–Trinajstić information content (AvgIpc) is 2.92. The number of ether oxygens (including phenoxy) is 2. The third kappa shape index (κ3) is 4.14. The van der Waals surface area contributed by atoms with Crippen molar-refractivity contribution in [3.63, 3.8) is 0 Å². The third-order valence-corrected chi connectivity index (χ3v) is 4.72. The minimum absolute atomic E-state index is 0.212. The van der Waals surface area contributed by atoms with Crippen LogP contribution in [0.1, 0.15) is 18.1 Å². The number of urea groups is 1. The molecular formula is C20H19BrN2O4. The number of methoxy groups -OCH3 is 1. The van der Waals surface area contributed by atoms with Gasteiger partial charge < -0.3 is 14.8 Å². The van der Waals surface area contributed by atoms with Crippen LogP contribution in [0.2, 0.25) is 0 Å². The van der Waals surface area contributed by atoms with Crippen LogP contribution in [0.15, 0.2) is 52.6 Å². The van der Waals surface area contributed by atoms with E-state index >= 15 is 0 Å². The summed E-state index contributed by atoms with van der Waals surface area (Å²) < 4.78 is 11.6. The van der Waals surface area contributed by atoms with E-state index in [0.717, 1.165) is 10.0 Å². The second-order valence-corrected chi connectivity index (χ2v) is 6.68. The first-order chi connectivity index (χ1) is 13.0. The van der Waals surface area contributed by atoms with Gasteiger partial charge in [0.1, 0.15) is 5.70 Å². The smallest absolute Gasteiger partial charge is 0.329 e. The van der Waals surface area contributed by atoms with Gasteiger partial charge in [0.25, 0.3) is 5.91 Å². The maximum absolute atomic E-state index is 12.7. The van der Waals surface area contributed by atoms with Crippen LogP contribution in [0.3, 0.4) is 0 Å². The molecule has 27 heavy (non-hydrogen) atoms. The van der Waals surface area contributed by atoms with Gasteiger partial charge in [-0.2, -0.15) is 0 Å². The van der Waals surface area contributed by atoms with Crippen LogP contribution in [0.25, 0.3) is 6.08 Å². The summed E-state index contributed by atoms with van der Waals surface area (Å²) in [6, 6.07) is 12.5. The largest absolute Gasteiger partial charge is 0.493 e. The zero-order valence-corrected chi connectivity index (χ0v) is 16.6. The summed E-state index contributed by atoms with van der Waals surface area (Å²) >= 11 is 3.47. The molecule has 0 radical (unpaired) electrons. The molecule has 0 bridgehead atoms. The van der Waals surface area contributed by atoms with Crippen LogP contribution in [-0.4, -0.2) is 30.6 Å². The molecule has 0 saturated carbocycles. The first-order valence-electron chi connectivity index (χ1n) is 8.42. The van der Waals surface area contributed by atoms with Crippen LogP contribution in [0.5, 0.6) is 11.5 Å². The Morgan fingerprint density at radius 1 is 1.15 bits per heavy atom. The number of carbonyl (C=O) groups excluding carboxylic acids is 2. The number of halogens is 1. The molecule has 3 amide bonds. The van der Waals surface area contributed by atoms with Crippen molar-refractivity contribution in [1.82, 2.24) is 10.2 Å². The molecule has 6 nitrogen and oxygen atoms in total. The van der Waals surface area contributed by atoms with E-state index in [1.807, 2.05) is 37.3 Å². The molecule has 1 N–H and O–H groups in total. The van der Waals surface area contributed by atoms with E-state index in [1.165, 1.54) is 4.90 Å². The lowest BCUT2D eigenvalue weighted by Crippen LogP contribution is -2.30. The molecule has 0 spiro atoms. The summed E-state index contributed by atoms with van der Waals surface area (Å²) in [5.74, 6) is 0.774. The van der Waals surface area contributed by atoms with Gasteiger partial charge in [-0.15, -0.1) is 0 Å². The Kier molecular flexibility index (Phi) is 5.81. The van der Waals surface area contributed by atoms with Gasteiger partial charge in [-0.1, -0.05) is 46.3 Å². The molecule has 1 aliphatic rings. The summed E-state index contributed by atoms with van der Waals surface area (Å²) in [5.41, 5.74) is 1.79. The standard InChI is InChI=1S/C20H19BrN2O4/c1-3-27-18-10-14(15(21)11-17(18)26-2)9-16-19(24)23(20(25)22-16)12-13-7-5-4-6-8-13/h4-11H,3,12H2,1-2H3,(H,22,25)/b16-9+. The van der Waals surface area contributed by atoms with Gasteiger partial charge in [0.05, 0.1) is 20.3 Å². The van der Waals surface area contributed by atoms with Crippen molar-refractivity contribution >= 4 is 33.9 Å². The first kappa shape index (κ1) is 19.0. The Morgan fingerprint density at radius 2 is 1.89 bits per heavy atom. The van der Waals surface area contributed by atoms with Crippen molar-refractivity contribution < 1.29 is 19.1 Å². The lowest BCUT2D eigenvalue weighted by atomic mass is 10.1. The number of benzene rings is 2. The molecule has 7 heteroatoms. The maximum Gasteiger partial charge on any atom is 0.329 e. The highest BCUT2D eigenvalue weighted by atomic mass is 79.9. The number of nitrogens with one attached hydrogen (secondary N) is 1. The summed E-state index contributed by atoms with van der Waals surface area (Å²) in [7, 11) is 1.56. The van der Waals surface area contributed by atoms with E-state index in [2.05, 4.69) is 21.2 Å². The summed E-state index contributed by atoms with van der Waals surface area (Å²) in [6.45, 7) is 2.58.